The van der Waals surface area contributed by atoms with E-state index in [0.29, 0.717) is 0 Å². The maximum atomic E-state index is 6.16. The monoisotopic (exact) mass is 231 g/mol. The standard InChI is InChI=1S/C14H17NO2/c1-9-5-11-6-10(8-14(15)3-4-14)7-12(16-2)13(11)17-9/h5-7H,3-4,8,15H2,1-2H3. The molecule has 0 spiro atoms. The van der Waals surface area contributed by atoms with Crippen LogP contribution in [0.15, 0.2) is 22.6 Å². The third-order valence-electron chi connectivity index (χ3n) is 3.43. The van der Waals surface area contributed by atoms with E-state index in [9.17, 15) is 0 Å². The van der Waals surface area contributed by atoms with Crippen LogP contribution in [-0.4, -0.2) is 12.6 Å². The summed E-state index contributed by atoms with van der Waals surface area (Å²) in [5.74, 6) is 1.71. The lowest BCUT2D eigenvalue weighted by atomic mass is 10.0. The zero-order valence-corrected chi connectivity index (χ0v) is 10.2. The van der Waals surface area contributed by atoms with Crippen molar-refractivity contribution >= 4 is 11.0 Å². The molecule has 1 aliphatic rings. The topological polar surface area (TPSA) is 48.4 Å². The number of fused-ring (bicyclic) bond motifs is 1. The van der Waals surface area contributed by atoms with E-state index in [2.05, 4.69) is 6.07 Å². The van der Waals surface area contributed by atoms with Crippen LogP contribution >= 0.6 is 0 Å². The lowest BCUT2D eigenvalue weighted by molar-refractivity contribution is 0.408. The molecule has 1 saturated carbocycles. The summed E-state index contributed by atoms with van der Waals surface area (Å²) < 4.78 is 11.0. The Morgan fingerprint density at radius 3 is 2.76 bits per heavy atom. The van der Waals surface area contributed by atoms with Gasteiger partial charge in [-0.25, -0.2) is 0 Å². The zero-order chi connectivity index (χ0) is 12.0. The van der Waals surface area contributed by atoms with Gasteiger partial charge in [0.25, 0.3) is 0 Å². The molecule has 1 aliphatic carbocycles. The zero-order valence-electron chi connectivity index (χ0n) is 10.2. The van der Waals surface area contributed by atoms with Crippen molar-refractivity contribution in [2.45, 2.75) is 31.7 Å². The smallest absolute Gasteiger partial charge is 0.176 e. The van der Waals surface area contributed by atoms with Crippen LogP contribution in [0.5, 0.6) is 5.75 Å². The molecular weight excluding hydrogens is 214 g/mol. The Kier molecular flexibility index (Phi) is 2.20. The van der Waals surface area contributed by atoms with Crippen LogP contribution in [0.2, 0.25) is 0 Å². The summed E-state index contributed by atoms with van der Waals surface area (Å²) in [6.07, 6.45) is 3.17. The van der Waals surface area contributed by atoms with Crippen molar-refractivity contribution < 1.29 is 9.15 Å². The summed E-state index contributed by atoms with van der Waals surface area (Å²) in [5, 5.41) is 1.10. The number of hydrogen-bond donors (Lipinski definition) is 1. The average molecular weight is 231 g/mol. The maximum absolute atomic E-state index is 6.16. The molecule has 1 aromatic carbocycles. The molecule has 3 nitrogen and oxygen atoms in total. The van der Waals surface area contributed by atoms with Gasteiger partial charge in [0.15, 0.2) is 11.3 Å². The summed E-state index contributed by atoms with van der Waals surface area (Å²) in [7, 11) is 1.67. The Morgan fingerprint density at radius 1 is 1.35 bits per heavy atom. The molecule has 1 heterocycles. The third-order valence-corrected chi connectivity index (χ3v) is 3.43. The first kappa shape index (κ1) is 10.7. The summed E-state index contributed by atoms with van der Waals surface area (Å²) in [4.78, 5) is 0. The molecule has 0 atom stereocenters. The highest BCUT2D eigenvalue weighted by Crippen LogP contribution is 2.38. The highest BCUT2D eigenvalue weighted by molar-refractivity contribution is 5.84. The van der Waals surface area contributed by atoms with Crippen LogP contribution in [0.1, 0.15) is 24.2 Å². The van der Waals surface area contributed by atoms with Gasteiger partial charge in [0, 0.05) is 10.9 Å². The first-order valence-corrected chi connectivity index (χ1v) is 5.96. The van der Waals surface area contributed by atoms with E-state index in [-0.39, 0.29) is 5.54 Å². The molecule has 2 aromatic rings. The Bertz CT molecular complexity index is 567. The van der Waals surface area contributed by atoms with E-state index >= 15 is 0 Å². The second kappa shape index (κ2) is 3.50. The van der Waals surface area contributed by atoms with Crippen molar-refractivity contribution in [2.24, 2.45) is 5.73 Å². The minimum absolute atomic E-state index is 0.0253. The fraction of sp³-hybridized carbons (Fsp3) is 0.429. The van der Waals surface area contributed by atoms with Gasteiger partial charge in [0.05, 0.1) is 7.11 Å². The molecular formula is C14H17NO2. The van der Waals surface area contributed by atoms with Gasteiger partial charge < -0.3 is 14.9 Å². The van der Waals surface area contributed by atoms with Gasteiger partial charge in [0.2, 0.25) is 0 Å². The van der Waals surface area contributed by atoms with Crippen molar-refractivity contribution in [1.82, 2.24) is 0 Å². The number of hydrogen-bond acceptors (Lipinski definition) is 3. The molecule has 0 unspecified atom stereocenters. The van der Waals surface area contributed by atoms with Gasteiger partial charge in [0.1, 0.15) is 5.76 Å². The maximum Gasteiger partial charge on any atom is 0.176 e. The number of aryl methyl sites for hydroxylation is 1. The molecule has 0 radical (unpaired) electrons. The molecule has 3 heteroatoms. The van der Waals surface area contributed by atoms with Crippen molar-refractivity contribution in [3.05, 3.63) is 29.5 Å². The van der Waals surface area contributed by atoms with Crippen LogP contribution in [0.25, 0.3) is 11.0 Å². The fourth-order valence-corrected chi connectivity index (χ4v) is 2.31. The number of methoxy groups -OCH3 is 1. The fourth-order valence-electron chi connectivity index (χ4n) is 2.31. The van der Waals surface area contributed by atoms with E-state index in [4.69, 9.17) is 14.9 Å². The lowest BCUT2D eigenvalue weighted by Crippen LogP contribution is -2.24. The van der Waals surface area contributed by atoms with Crippen molar-refractivity contribution in [2.75, 3.05) is 7.11 Å². The van der Waals surface area contributed by atoms with Gasteiger partial charge in [-0.3, -0.25) is 0 Å². The second-order valence-corrected chi connectivity index (χ2v) is 5.11. The van der Waals surface area contributed by atoms with Gasteiger partial charge in [-0.1, -0.05) is 0 Å². The van der Waals surface area contributed by atoms with Gasteiger partial charge in [-0.05, 0) is 49.9 Å². The Balaban J connectivity index is 2.07. The average Bonchev–Trinajstić information content (AvgIpc) is 2.86. The number of benzene rings is 1. The Labute approximate surface area is 101 Å². The first-order chi connectivity index (χ1) is 8.09. The molecule has 17 heavy (non-hydrogen) atoms. The van der Waals surface area contributed by atoms with E-state index in [1.165, 1.54) is 5.56 Å². The van der Waals surface area contributed by atoms with Crippen LogP contribution in [0.4, 0.5) is 0 Å². The molecule has 90 valence electrons. The molecule has 1 fully saturated rings. The van der Waals surface area contributed by atoms with E-state index in [1.54, 1.807) is 7.11 Å². The van der Waals surface area contributed by atoms with Gasteiger partial charge in [-0.2, -0.15) is 0 Å². The Morgan fingerprint density at radius 2 is 2.12 bits per heavy atom. The SMILES string of the molecule is COc1cc(CC2(N)CC2)cc2cc(C)oc12. The number of ether oxygens (including phenoxy) is 1. The first-order valence-electron chi connectivity index (χ1n) is 5.96. The summed E-state index contributed by atoms with van der Waals surface area (Å²) in [6.45, 7) is 1.95. The largest absolute Gasteiger partial charge is 0.493 e. The predicted octanol–water partition coefficient (Wildman–Crippen LogP) is 2.78. The molecule has 0 saturated heterocycles. The van der Waals surface area contributed by atoms with Crippen LogP contribution in [0.3, 0.4) is 0 Å². The van der Waals surface area contributed by atoms with Crippen LogP contribution in [0, 0.1) is 6.92 Å². The summed E-state index contributed by atoms with van der Waals surface area (Å²) in [5.41, 5.74) is 8.24. The minimum atomic E-state index is 0.0253. The number of rotatable bonds is 3. The van der Waals surface area contributed by atoms with Crippen LogP contribution < -0.4 is 10.5 Å². The number of nitrogens with two attached hydrogens (primary N) is 1. The third kappa shape index (κ3) is 1.91. The summed E-state index contributed by atoms with van der Waals surface area (Å²) >= 11 is 0. The highest BCUT2D eigenvalue weighted by atomic mass is 16.5. The van der Waals surface area contributed by atoms with Gasteiger partial charge in [-0.15, -0.1) is 0 Å². The molecule has 0 amide bonds. The highest BCUT2D eigenvalue weighted by Gasteiger charge is 2.38. The van der Waals surface area contributed by atoms with Crippen LogP contribution in [-0.2, 0) is 6.42 Å². The van der Waals surface area contributed by atoms with E-state index in [0.717, 1.165) is 41.7 Å². The van der Waals surface area contributed by atoms with Crippen molar-refractivity contribution in [1.29, 1.82) is 0 Å². The van der Waals surface area contributed by atoms with E-state index in [1.807, 2.05) is 19.1 Å². The minimum Gasteiger partial charge on any atom is -0.493 e. The molecule has 1 aromatic heterocycles. The molecule has 2 N–H and O–H groups in total. The lowest BCUT2D eigenvalue weighted by Gasteiger charge is -2.10. The quantitative estimate of drug-likeness (QED) is 0.883. The van der Waals surface area contributed by atoms with Crippen molar-refractivity contribution in [3.8, 4) is 5.75 Å². The second-order valence-electron chi connectivity index (χ2n) is 5.11. The normalized spacial score (nSPS) is 17.4. The molecule has 0 aliphatic heterocycles. The predicted molar refractivity (Wildman–Crippen MR) is 67.4 cm³/mol. The van der Waals surface area contributed by atoms with Gasteiger partial charge >= 0.3 is 0 Å². The summed E-state index contributed by atoms with van der Waals surface area (Å²) in [6, 6.07) is 6.23. The van der Waals surface area contributed by atoms with Crippen molar-refractivity contribution in [3.63, 3.8) is 0 Å². The molecule has 3 rings (SSSR count). The number of furan rings is 1. The Hall–Kier alpha value is -1.48. The van der Waals surface area contributed by atoms with E-state index < -0.39 is 0 Å². The molecule has 0 bridgehead atoms.